The minimum Gasteiger partial charge on any atom is -0.368 e. The predicted molar refractivity (Wildman–Crippen MR) is 73.6 cm³/mol. The lowest BCUT2D eigenvalue weighted by atomic mass is 9.77. The molecule has 0 bridgehead atoms. The first kappa shape index (κ1) is 16.5. The molecule has 122 valence electrons. The number of hydrogen-bond donors (Lipinski definition) is 2. The van der Waals surface area contributed by atoms with Gasteiger partial charge in [0, 0.05) is 12.6 Å². The number of halogens is 3. The molecule has 2 fully saturated rings. The average molecular weight is 307 g/mol. The van der Waals surface area contributed by atoms with Crippen molar-refractivity contribution in [1.29, 1.82) is 0 Å². The quantitative estimate of drug-likeness (QED) is 0.833. The van der Waals surface area contributed by atoms with Crippen molar-refractivity contribution in [2.45, 2.75) is 56.3 Å². The van der Waals surface area contributed by atoms with Crippen LogP contribution in [0.25, 0.3) is 0 Å². The van der Waals surface area contributed by atoms with Gasteiger partial charge in [-0.2, -0.15) is 13.2 Å². The Kier molecular flexibility index (Phi) is 4.82. The summed E-state index contributed by atoms with van der Waals surface area (Å²) in [6, 6.07) is 0.00356. The Bertz CT molecular complexity index is 388. The number of carbonyl (C=O) groups is 1. The number of amides is 1. The topological polar surface area (TPSA) is 58.4 Å². The van der Waals surface area contributed by atoms with Crippen LogP contribution in [0.15, 0.2) is 0 Å². The molecule has 1 heterocycles. The number of piperidine rings is 1. The van der Waals surface area contributed by atoms with Crippen LogP contribution in [0.4, 0.5) is 13.2 Å². The Labute approximate surface area is 123 Å². The van der Waals surface area contributed by atoms with Gasteiger partial charge in [-0.25, -0.2) is 0 Å². The van der Waals surface area contributed by atoms with Gasteiger partial charge in [0.15, 0.2) is 0 Å². The smallest absolute Gasteiger partial charge is 0.368 e. The zero-order valence-corrected chi connectivity index (χ0v) is 12.4. The van der Waals surface area contributed by atoms with Gasteiger partial charge in [0.1, 0.15) is 0 Å². The standard InChI is InChI=1S/C14H24F3N3O/c1-19-13(12(18)21)6-2-5-11(8-13)20-7-3-4-10(9-20)14(15,16)17/h10-11,19H,2-9H2,1H3,(H2,18,21). The van der Waals surface area contributed by atoms with Crippen molar-refractivity contribution >= 4 is 5.91 Å². The summed E-state index contributed by atoms with van der Waals surface area (Å²) in [5.41, 5.74) is 4.73. The van der Waals surface area contributed by atoms with E-state index in [1.807, 2.05) is 4.90 Å². The van der Waals surface area contributed by atoms with Crippen LogP contribution in [0, 0.1) is 5.92 Å². The van der Waals surface area contributed by atoms with Crippen molar-refractivity contribution in [3.63, 3.8) is 0 Å². The van der Waals surface area contributed by atoms with Crippen LogP contribution in [0.5, 0.6) is 0 Å². The normalized spacial score (nSPS) is 35.6. The lowest BCUT2D eigenvalue weighted by molar-refractivity contribution is -0.189. The molecule has 4 nitrogen and oxygen atoms in total. The highest BCUT2D eigenvalue weighted by atomic mass is 19.4. The van der Waals surface area contributed by atoms with E-state index in [0.717, 1.165) is 12.8 Å². The summed E-state index contributed by atoms with van der Waals surface area (Å²) < 4.78 is 38.7. The fourth-order valence-corrected chi connectivity index (χ4v) is 3.74. The molecule has 1 aliphatic heterocycles. The fourth-order valence-electron chi connectivity index (χ4n) is 3.74. The van der Waals surface area contributed by atoms with Gasteiger partial charge in [-0.1, -0.05) is 0 Å². The Hall–Kier alpha value is -0.820. The lowest BCUT2D eigenvalue weighted by Crippen LogP contribution is -2.60. The zero-order valence-electron chi connectivity index (χ0n) is 12.4. The molecular formula is C14H24F3N3O. The summed E-state index contributed by atoms with van der Waals surface area (Å²) in [5, 5.41) is 3.00. The predicted octanol–water partition coefficient (Wildman–Crippen LogP) is 1.65. The largest absolute Gasteiger partial charge is 0.393 e. The third-order valence-electron chi connectivity index (χ3n) is 5.11. The Morgan fingerprint density at radius 3 is 2.62 bits per heavy atom. The molecule has 1 amide bonds. The summed E-state index contributed by atoms with van der Waals surface area (Å²) in [6.07, 6.45) is -0.557. The summed E-state index contributed by atoms with van der Waals surface area (Å²) in [6.45, 7) is 0.725. The molecule has 3 unspecified atom stereocenters. The second kappa shape index (κ2) is 6.12. The molecule has 0 spiro atoms. The van der Waals surface area contributed by atoms with Crippen LogP contribution in [0.1, 0.15) is 38.5 Å². The first-order chi connectivity index (χ1) is 9.78. The van der Waals surface area contributed by atoms with Gasteiger partial charge in [-0.05, 0) is 52.1 Å². The van der Waals surface area contributed by atoms with E-state index in [1.165, 1.54) is 0 Å². The number of nitrogens with one attached hydrogen (secondary N) is 1. The van der Waals surface area contributed by atoms with E-state index in [2.05, 4.69) is 5.32 Å². The van der Waals surface area contributed by atoms with Crippen LogP contribution in [0.3, 0.4) is 0 Å². The van der Waals surface area contributed by atoms with Crippen molar-refractivity contribution in [3.8, 4) is 0 Å². The molecule has 0 aromatic carbocycles. The maximum atomic E-state index is 12.9. The van der Waals surface area contributed by atoms with Crippen LogP contribution < -0.4 is 11.1 Å². The molecule has 21 heavy (non-hydrogen) atoms. The summed E-state index contributed by atoms with van der Waals surface area (Å²) in [7, 11) is 1.70. The summed E-state index contributed by atoms with van der Waals surface area (Å²) in [4.78, 5) is 13.6. The van der Waals surface area contributed by atoms with E-state index in [1.54, 1.807) is 7.05 Å². The summed E-state index contributed by atoms with van der Waals surface area (Å²) in [5.74, 6) is -1.65. The zero-order chi connectivity index (χ0) is 15.7. The number of rotatable bonds is 3. The number of nitrogens with two attached hydrogens (primary N) is 1. The minimum atomic E-state index is -4.13. The van der Waals surface area contributed by atoms with Crippen LogP contribution in [0.2, 0.25) is 0 Å². The van der Waals surface area contributed by atoms with Crippen molar-refractivity contribution in [3.05, 3.63) is 0 Å². The van der Waals surface area contributed by atoms with Crippen molar-refractivity contribution in [1.82, 2.24) is 10.2 Å². The fraction of sp³-hybridized carbons (Fsp3) is 0.929. The lowest BCUT2D eigenvalue weighted by Gasteiger charge is -2.45. The van der Waals surface area contributed by atoms with Gasteiger partial charge < -0.3 is 11.1 Å². The molecule has 1 saturated carbocycles. The van der Waals surface area contributed by atoms with Crippen molar-refractivity contribution in [2.75, 3.05) is 20.1 Å². The van der Waals surface area contributed by atoms with Crippen molar-refractivity contribution in [2.24, 2.45) is 11.7 Å². The highest BCUT2D eigenvalue weighted by molar-refractivity contribution is 5.84. The molecule has 0 aromatic rings. The van der Waals surface area contributed by atoms with Gasteiger partial charge in [-0.3, -0.25) is 9.69 Å². The van der Waals surface area contributed by atoms with E-state index in [4.69, 9.17) is 5.73 Å². The minimum absolute atomic E-state index is 0.00356. The van der Waals surface area contributed by atoms with Crippen molar-refractivity contribution < 1.29 is 18.0 Å². The molecule has 3 atom stereocenters. The van der Waals surface area contributed by atoms with Crippen LogP contribution in [-0.2, 0) is 4.79 Å². The molecule has 3 N–H and O–H groups in total. The van der Waals surface area contributed by atoms with E-state index in [-0.39, 0.29) is 19.0 Å². The second-order valence-electron chi connectivity index (χ2n) is 6.32. The molecule has 2 aliphatic rings. The molecule has 1 saturated heterocycles. The van der Waals surface area contributed by atoms with Gasteiger partial charge in [0.2, 0.25) is 5.91 Å². The van der Waals surface area contributed by atoms with E-state index < -0.39 is 23.5 Å². The van der Waals surface area contributed by atoms with Crippen LogP contribution in [-0.4, -0.2) is 48.7 Å². The highest BCUT2D eigenvalue weighted by Gasteiger charge is 2.46. The first-order valence-corrected chi connectivity index (χ1v) is 7.58. The first-order valence-electron chi connectivity index (χ1n) is 7.58. The third-order valence-corrected chi connectivity index (χ3v) is 5.11. The van der Waals surface area contributed by atoms with Gasteiger partial charge in [0.05, 0.1) is 11.5 Å². The number of hydrogen-bond acceptors (Lipinski definition) is 3. The van der Waals surface area contributed by atoms with E-state index in [0.29, 0.717) is 25.8 Å². The molecular weight excluding hydrogens is 283 g/mol. The molecule has 0 radical (unpaired) electrons. The maximum absolute atomic E-state index is 12.9. The second-order valence-corrected chi connectivity index (χ2v) is 6.32. The molecule has 7 heteroatoms. The molecule has 0 aromatic heterocycles. The summed E-state index contributed by atoms with van der Waals surface area (Å²) >= 11 is 0. The van der Waals surface area contributed by atoms with E-state index in [9.17, 15) is 18.0 Å². The number of carbonyl (C=O) groups excluding carboxylic acids is 1. The number of primary amides is 1. The SMILES string of the molecule is CNC1(C(N)=O)CCCC(N2CCCC(C(F)(F)F)C2)C1. The van der Waals surface area contributed by atoms with Gasteiger partial charge >= 0.3 is 6.18 Å². The Morgan fingerprint density at radius 2 is 2.05 bits per heavy atom. The van der Waals surface area contributed by atoms with Gasteiger partial charge in [0.25, 0.3) is 0 Å². The average Bonchev–Trinajstić information content (AvgIpc) is 2.46. The van der Waals surface area contributed by atoms with Gasteiger partial charge in [-0.15, -0.1) is 0 Å². The molecule has 1 aliphatic carbocycles. The number of nitrogens with zero attached hydrogens (tertiary/aromatic N) is 1. The van der Waals surface area contributed by atoms with E-state index >= 15 is 0 Å². The Morgan fingerprint density at radius 1 is 1.33 bits per heavy atom. The number of likely N-dealkylation sites (tertiary alicyclic amines) is 1. The maximum Gasteiger partial charge on any atom is 0.393 e. The van der Waals surface area contributed by atoms with Crippen LogP contribution >= 0.6 is 0 Å². The number of likely N-dealkylation sites (N-methyl/N-ethyl adjacent to an activating group) is 1. The number of alkyl halides is 3. The molecule has 2 rings (SSSR count). The monoisotopic (exact) mass is 307 g/mol. The Balaban J connectivity index is 2.05. The third kappa shape index (κ3) is 3.51. The highest BCUT2D eigenvalue weighted by Crippen LogP contribution is 2.37.